The fourth-order valence-corrected chi connectivity index (χ4v) is 4.76. The van der Waals surface area contributed by atoms with Crippen LogP contribution in [0.5, 0.6) is 0 Å². The van der Waals surface area contributed by atoms with E-state index in [2.05, 4.69) is 10.3 Å². The number of nitrogens with zero attached hydrogens (tertiary/aromatic N) is 2. The second-order valence-corrected chi connectivity index (χ2v) is 8.16. The van der Waals surface area contributed by atoms with Gasteiger partial charge in [0, 0.05) is 25.0 Å². The van der Waals surface area contributed by atoms with Gasteiger partial charge in [-0.25, -0.2) is 13.4 Å². The lowest BCUT2D eigenvalue weighted by Crippen LogP contribution is -2.32. The molecule has 0 saturated heterocycles. The van der Waals surface area contributed by atoms with Crippen molar-refractivity contribution in [3.8, 4) is 0 Å². The lowest BCUT2D eigenvalue weighted by Gasteiger charge is -2.19. The lowest BCUT2D eigenvalue weighted by molar-refractivity contribution is 0.0749. The van der Waals surface area contributed by atoms with Gasteiger partial charge in [-0.15, -0.1) is 11.3 Å². The van der Waals surface area contributed by atoms with Crippen LogP contribution in [0.2, 0.25) is 0 Å². The van der Waals surface area contributed by atoms with Crippen LogP contribution in [0.25, 0.3) is 0 Å². The highest BCUT2D eigenvalue weighted by Gasteiger charge is 2.28. The Labute approximate surface area is 139 Å². The maximum absolute atomic E-state index is 12.6. The number of fused-ring (bicyclic) bond motifs is 1. The highest BCUT2D eigenvalue weighted by Crippen LogP contribution is 2.24. The molecule has 0 unspecified atom stereocenters. The highest BCUT2D eigenvalue weighted by molar-refractivity contribution is 7.91. The van der Waals surface area contributed by atoms with Gasteiger partial charge in [0.2, 0.25) is 0 Å². The minimum atomic E-state index is -3.35. The van der Waals surface area contributed by atoms with Gasteiger partial charge in [-0.3, -0.25) is 4.79 Å². The fourth-order valence-electron chi connectivity index (χ4n) is 2.50. The Bertz CT molecular complexity index is 830. The molecule has 1 N–H and O–H groups in total. The maximum Gasteiger partial charge on any atom is 0.273 e. The molecule has 2 aromatic rings. The van der Waals surface area contributed by atoms with Gasteiger partial charge in [0.25, 0.3) is 5.91 Å². The zero-order valence-corrected chi connectivity index (χ0v) is 14.3. The summed E-state index contributed by atoms with van der Waals surface area (Å²) >= 11 is 1.37. The number of benzene rings is 1. The number of carbonyl (C=O) groups is 1. The van der Waals surface area contributed by atoms with E-state index in [1.54, 1.807) is 34.5 Å². The van der Waals surface area contributed by atoms with Gasteiger partial charge in [0.1, 0.15) is 5.69 Å². The minimum Gasteiger partial charge on any atom is -0.362 e. The predicted molar refractivity (Wildman–Crippen MR) is 89.5 cm³/mol. The van der Waals surface area contributed by atoms with Crippen LogP contribution in [-0.4, -0.2) is 43.1 Å². The first-order valence-electron chi connectivity index (χ1n) is 7.30. The number of nitrogens with one attached hydrogen (secondary N) is 1. The van der Waals surface area contributed by atoms with Gasteiger partial charge >= 0.3 is 0 Å². The summed E-state index contributed by atoms with van der Waals surface area (Å²) in [6, 6.07) is 6.85. The van der Waals surface area contributed by atoms with Crippen molar-refractivity contribution in [2.75, 3.05) is 24.2 Å². The molecule has 0 saturated carbocycles. The van der Waals surface area contributed by atoms with Crippen LogP contribution in [0, 0.1) is 0 Å². The van der Waals surface area contributed by atoms with Gasteiger partial charge in [-0.2, -0.15) is 0 Å². The van der Waals surface area contributed by atoms with E-state index in [4.69, 9.17) is 0 Å². The molecule has 2 heterocycles. The third-order valence-corrected chi connectivity index (χ3v) is 6.23. The number of hydrogen-bond acceptors (Lipinski definition) is 6. The third kappa shape index (κ3) is 3.23. The molecule has 1 amide bonds. The van der Waals surface area contributed by atoms with Crippen LogP contribution in [0.1, 0.15) is 23.0 Å². The van der Waals surface area contributed by atoms with Crippen LogP contribution < -0.4 is 5.32 Å². The molecular formula is C15H17N3O3S2. The number of sulfone groups is 1. The van der Waals surface area contributed by atoms with Crippen molar-refractivity contribution in [2.24, 2.45) is 0 Å². The van der Waals surface area contributed by atoms with Crippen molar-refractivity contribution >= 4 is 32.2 Å². The standard InChI is InChI=1S/C15H17N3O3S2/c1-2-16-15-17-12(10-22-15)14(19)18-7-8-23(20,21)13-6-4-3-5-11(13)9-18/h3-6,10H,2,7-9H2,1H3,(H,16,17). The van der Waals surface area contributed by atoms with Crippen molar-refractivity contribution in [1.29, 1.82) is 0 Å². The van der Waals surface area contributed by atoms with Gasteiger partial charge < -0.3 is 10.2 Å². The van der Waals surface area contributed by atoms with E-state index in [-0.39, 0.29) is 24.7 Å². The first-order chi connectivity index (χ1) is 11.0. The Morgan fingerprint density at radius 2 is 2.17 bits per heavy atom. The number of aromatic nitrogens is 1. The van der Waals surface area contributed by atoms with Crippen molar-refractivity contribution < 1.29 is 13.2 Å². The Hall–Kier alpha value is -1.93. The van der Waals surface area contributed by atoms with Gasteiger partial charge in [0.15, 0.2) is 15.0 Å². The molecule has 0 aliphatic carbocycles. The molecule has 0 fully saturated rings. The number of amides is 1. The minimum absolute atomic E-state index is 0.0695. The molecule has 1 aliphatic heterocycles. The largest absolute Gasteiger partial charge is 0.362 e. The molecule has 0 spiro atoms. The highest BCUT2D eigenvalue weighted by atomic mass is 32.2. The van der Waals surface area contributed by atoms with E-state index in [1.807, 2.05) is 6.92 Å². The Balaban J connectivity index is 1.88. The number of hydrogen-bond donors (Lipinski definition) is 1. The van der Waals surface area contributed by atoms with E-state index < -0.39 is 9.84 Å². The molecule has 0 bridgehead atoms. The average Bonchev–Trinajstić information content (AvgIpc) is 2.95. The monoisotopic (exact) mass is 351 g/mol. The van der Waals surface area contributed by atoms with Gasteiger partial charge in [-0.1, -0.05) is 18.2 Å². The topological polar surface area (TPSA) is 79.4 Å². The second kappa shape index (κ2) is 6.29. The van der Waals surface area contributed by atoms with E-state index in [0.717, 1.165) is 6.54 Å². The number of anilines is 1. The number of carbonyl (C=O) groups excluding carboxylic acids is 1. The lowest BCUT2D eigenvalue weighted by atomic mass is 10.2. The van der Waals surface area contributed by atoms with E-state index >= 15 is 0 Å². The molecule has 1 aromatic carbocycles. The SMILES string of the molecule is CCNc1nc(C(=O)N2CCS(=O)(=O)c3ccccc3C2)cs1. The zero-order valence-electron chi connectivity index (χ0n) is 12.7. The summed E-state index contributed by atoms with van der Waals surface area (Å²) in [6.07, 6.45) is 0. The van der Waals surface area contributed by atoms with Crippen LogP contribution in [0.4, 0.5) is 5.13 Å². The zero-order chi connectivity index (χ0) is 16.4. The predicted octanol–water partition coefficient (Wildman–Crippen LogP) is 2.00. The summed E-state index contributed by atoms with van der Waals surface area (Å²) in [5.74, 6) is -0.308. The molecular weight excluding hydrogens is 334 g/mol. The summed E-state index contributed by atoms with van der Waals surface area (Å²) < 4.78 is 24.7. The molecule has 3 rings (SSSR count). The van der Waals surface area contributed by atoms with Crippen molar-refractivity contribution in [3.05, 3.63) is 40.9 Å². The molecule has 6 nitrogen and oxygen atoms in total. The fraction of sp³-hybridized carbons (Fsp3) is 0.333. The molecule has 8 heteroatoms. The van der Waals surface area contributed by atoms with Crippen LogP contribution in [0.3, 0.4) is 0 Å². The Morgan fingerprint density at radius 3 is 2.96 bits per heavy atom. The second-order valence-electron chi connectivity index (χ2n) is 5.22. The summed E-state index contributed by atoms with van der Waals surface area (Å²) in [5.41, 5.74) is 1.00. The summed E-state index contributed by atoms with van der Waals surface area (Å²) in [5, 5.41) is 5.46. The third-order valence-electron chi connectivity index (χ3n) is 3.64. The molecule has 0 radical (unpaired) electrons. The summed E-state index contributed by atoms with van der Waals surface area (Å²) in [6.45, 7) is 3.14. The molecule has 0 atom stereocenters. The first-order valence-corrected chi connectivity index (χ1v) is 9.84. The normalized spacial score (nSPS) is 16.5. The number of rotatable bonds is 3. The maximum atomic E-state index is 12.6. The van der Waals surface area contributed by atoms with E-state index in [0.29, 0.717) is 21.3 Å². The molecule has 1 aromatic heterocycles. The smallest absolute Gasteiger partial charge is 0.273 e. The van der Waals surface area contributed by atoms with Crippen LogP contribution in [0.15, 0.2) is 34.5 Å². The summed E-state index contributed by atoms with van der Waals surface area (Å²) in [4.78, 5) is 18.8. The van der Waals surface area contributed by atoms with E-state index in [9.17, 15) is 13.2 Å². The molecule has 1 aliphatic rings. The van der Waals surface area contributed by atoms with Crippen molar-refractivity contribution in [1.82, 2.24) is 9.88 Å². The van der Waals surface area contributed by atoms with Crippen LogP contribution >= 0.6 is 11.3 Å². The Kier molecular flexibility index (Phi) is 4.36. The average molecular weight is 351 g/mol. The first kappa shape index (κ1) is 15.9. The van der Waals surface area contributed by atoms with Crippen molar-refractivity contribution in [3.63, 3.8) is 0 Å². The Morgan fingerprint density at radius 1 is 1.39 bits per heavy atom. The summed E-state index contributed by atoms with van der Waals surface area (Å²) in [7, 11) is -3.35. The van der Waals surface area contributed by atoms with Gasteiger partial charge in [-0.05, 0) is 18.6 Å². The molecule has 122 valence electrons. The van der Waals surface area contributed by atoms with Gasteiger partial charge in [0.05, 0.1) is 10.6 Å². The van der Waals surface area contributed by atoms with E-state index in [1.165, 1.54) is 11.3 Å². The quantitative estimate of drug-likeness (QED) is 0.915. The number of thiazole rings is 1. The van der Waals surface area contributed by atoms with Crippen LogP contribution in [-0.2, 0) is 16.4 Å². The van der Waals surface area contributed by atoms with Crippen molar-refractivity contribution in [2.45, 2.75) is 18.4 Å². The molecule has 23 heavy (non-hydrogen) atoms.